The summed E-state index contributed by atoms with van der Waals surface area (Å²) in [5.74, 6) is 0. The molecule has 0 spiro atoms. The van der Waals surface area contributed by atoms with Gasteiger partial charge in [0, 0.05) is 6.61 Å². The monoisotopic (exact) mass is 102 g/mol. The van der Waals surface area contributed by atoms with Crippen molar-refractivity contribution in [3.8, 4) is 0 Å². The van der Waals surface area contributed by atoms with E-state index in [1.807, 2.05) is 6.92 Å². The molecule has 1 saturated heterocycles. The van der Waals surface area contributed by atoms with Gasteiger partial charge in [-0.2, -0.15) is 0 Å². The summed E-state index contributed by atoms with van der Waals surface area (Å²) in [5.41, 5.74) is 0. The number of ether oxygens (including phenoxy) is 1. The van der Waals surface area contributed by atoms with Crippen LogP contribution in [0.1, 0.15) is 13.3 Å². The molecular formula is C5H10O2. The lowest BCUT2D eigenvalue weighted by atomic mass is 10.3. The third-order valence-electron chi connectivity index (χ3n) is 1.25. The molecule has 7 heavy (non-hydrogen) atoms. The van der Waals surface area contributed by atoms with Crippen LogP contribution in [0.15, 0.2) is 0 Å². The summed E-state index contributed by atoms with van der Waals surface area (Å²) in [6.07, 6.45) is 1.58. The number of aliphatic hydroxyl groups is 1. The van der Waals surface area contributed by atoms with Crippen LogP contribution in [0, 0.1) is 0 Å². The maximum absolute atomic E-state index is 8.31. The molecule has 42 valence electrons. The SMILES string of the molecule is C[C@@H]1O[C@@H]1CCO. The van der Waals surface area contributed by atoms with Crippen molar-refractivity contribution in [1.29, 1.82) is 0 Å². The Morgan fingerprint density at radius 1 is 1.71 bits per heavy atom. The molecule has 2 heteroatoms. The van der Waals surface area contributed by atoms with Gasteiger partial charge in [-0.3, -0.25) is 0 Å². The van der Waals surface area contributed by atoms with Gasteiger partial charge in [-0.1, -0.05) is 0 Å². The largest absolute Gasteiger partial charge is 0.396 e. The van der Waals surface area contributed by atoms with E-state index in [2.05, 4.69) is 0 Å². The molecule has 1 aliphatic heterocycles. The van der Waals surface area contributed by atoms with E-state index < -0.39 is 0 Å². The highest BCUT2D eigenvalue weighted by Crippen LogP contribution is 2.23. The highest BCUT2D eigenvalue weighted by Gasteiger charge is 2.32. The first kappa shape index (κ1) is 5.06. The van der Waals surface area contributed by atoms with Crippen LogP contribution in [0.5, 0.6) is 0 Å². The van der Waals surface area contributed by atoms with E-state index >= 15 is 0 Å². The number of hydrogen-bond acceptors (Lipinski definition) is 2. The first-order valence-electron chi connectivity index (χ1n) is 2.61. The molecule has 0 aromatic rings. The Kier molecular flexibility index (Phi) is 1.30. The average Bonchev–Trinajstić information content (AvgIpc) is 2.22. The fraction of sp³-hybridized carbons (Fsp3) is 1.00. The van der Waals surface area contributed by atoms with E-state index in [1.54, 1.807) is 0 Å². The molecule has 0 aromatic heterocycles. The van der Waals surface area contributed by atoms with Crippen molar-refractivity contribution < 1.29 is 9.84 Å². The summed E-state index contributed by atoms with van der Waals surface area (Å²) in [5, 5.41) is 8.31. The van der Waals surface area contributed by atoms with Crippen molar-refractivity contribution >= 4 is 0 Å². The van der Waals surface area contributed by atoms with E-state index in [1.165, 1.54) is 0 Å². The molecule has 0 amide bonds. The summed E-state index contributed by atoms with van der Waals surface area (Å²) >= 11 is 0. The van der Waals surface area contributed by atoms with E-state index in [-0.39, 0.29) is 6.61 Å². The van der Waals surface area contributed by atoms with E-state index in [9.17, 15) is 0 Å². The molecule has 1 heterocycles. The van der Waals surface area contributed by atoms with Crippen LogP contribution in [-0.4, -0.2) is 23.9 Å². The van der Waals surface area contributed by atoms with Gasteiger partial charge in [0.15, 0.2) is 0 Å². The molecule has 2 nitrogen and oxygen atoms in total. The smallest absolute Gasteiger partial charge is 0.0860 e. The molecule has 0 bridgehead atoms. The predicted octanol–water partition coefficient (Wildman–Crippen LogP) is 0.156. The van der Waals surface area contributed by atoms with Gasteiger partial charge in [0.2, 0.25) is 0 Å². The Hall–Kier alpha value is -0.0800. The average molecular weight is 102 g/mol. The minimum absolute atomic E-state index is 0.259. The number of aliphatic hydroxyl groups excluding tert-OH is 1. The van der Waals surface area contributed by atoms with Crippen molar-refractivity contribution in [2.45, 2.75) is 25.6 Å². The molecule has 1 aliphatic rings. The standard InChI is InChI=1S/C5H10O2/c1-4-5(7-4)2-3-6/h4-6H,2-3H2,1H3/t4-,5+/m0/s1. The van der Waals surface area contributed by atoms with Crippen LogP contribution in [0.3, 0.4) is 0 Å². The van der Waals surface area contributed by atoms with E-state index in [0.717, 1.165) is 6.42 Å². The summed E-state index contributed by atoms with van der Waals surface area (Å²) in [6, 6.07) is 0. The minimum atomic E-state index is 0.259. The quantitative estimate of drug-likeness (QED) is 0.503. The van der Waals surface area contributed by atoms with Crippen LogP contribution < -0.4 is 0 Å². The lowest BCUT2D eigenvalue weighted by Gasteiger charge is -1.81. The van der Waals surface area contributed by atoms with Crippen molar-refractivity contribution in [3.63, 3.8) is 0 Å². The molecule has 0 aromatic carbocycles. The van der Waals surface area contributed by atoms with Gasteiger partial charge < -0.3 is 9.84 Å². The molecular weight excluding hydrogens is 92.1 g/mol. The molecule has 0 radical (unpaired) electrons. The van der Waals surface area contributed by atoms with Crippen LogP contribution >= 0.6 is 0 Å². The highest BCUT2D eigenvalue weighted by molar-refractivity contribution is 4.79. The summed E-state index contributed by atoms with van der Waals surface area (Å²) in [4.78, 5) is 0. The highest BCUT2D eigenvalue weighted by atomic mass is 16.6. The number of epoxide rings is 1. The van der Waals surface area contributed by atoms with Gasteiger partial charge in [0.1, 0.15) is 0 Å². The van der Waals surface area contributed by atoms with E-state index in [0.29, 0.717) is 12.2 Å². The molecule has 2 atom stereocenters. The van der Waals surface area contributed by atoms with Crippen molar-refractivity contribution in [3.05, 3.63) is 0 Å². The second kappa shape index (κ2) is 1.80. The third-order valence-corrected chi connectivity index (χ3v) is 1.25. The molecule has 1 rings (SSSR count). The molecule has 0 aliphatic carbocycles. The van der Waals surface area contributed by atoms with E-state index in [4.69, 9.17) is 9.84 Å². The lowest BCUT2D eigenvalue weighted by molar-refractivity contribution is 0.263. The summed E-state index contributed by atoms with van der Waals surface area (Å²) in [6.45, 7) is 2.27. The van der Waals surface area contributed by atoms with Gasteiger partial charge >= 0.3 is 0 Å². The number of rotatable bonds is 2. The molecule has 0 unspecified atom stereocenters. The molecule has 1 fully saturated rings. The molecule has 1 N–H and O–H groups in total. The Bertz CT molecular complexity index is 63.1. The Labute approximate surface area is 43.1 Å². The molecule has 0 saturated carbocycles. The van der Waals surface area contributed by atoms with Gasteiger partial charge in [-0.25, -0.2) is 0 Å². The fourth-order valence-corrected chi connectivity index (χ4v) is 0.660. The van der Waals surface area contributed by atoms with Crippen LogP contribution in [0.25, 0.3) is 0 Å². The Balaban J connectivity index is 1.98. The maximum atomic E-state index is 8.31. The van der Waals surface area contributed by atoms with Crippen LogP contribution in [-0.2, 0) is 4.74 Å². The lowest BCUT2D eigenvalue weighted by Crippen LogP contribution is -1.92. The zero-order chi connectivity index (χ0) is 5.28. The second-order valence-electron chi connectivity index (χ2n) is 1.89. The van der Waals surface area contributed by atoms with Crippen molar-refractivity contribution in [1.82, 2.24) is 0 Å². The maximum Gasteiger partial charge on any atom is 0.0860 e. The normalized spacial score (nSPS) is 38.6. The number of hydrogen-bond donors (Lipinski definition) is 1. The second-order valence-corrected chi connectivity index (χ2v) is 1.89. The first-order valence-corrected chi connectivity index (χ1v) is 2.61. The topological polar surface area (TPSA) is 32.8 Å². The zero-order valence-corrected chi connectivity index (χ0v) is 4.42. The van der Waals surface area contributed by atoms with Crippen molar-refractivity contribution in [2.75, 3.05) is 6.61 Å². The van der Waals surface area contributed by atoms with Gasteiger partial charge in [-0.15, -0.1) is 0 Å². The zero-order valence-electron chi connectivity index (χ0n) is 4.42. The summed E-state index contributed by atoms with van der Waals surface area (Å²) < 4.78 is 5.00. The summed E-state index contributed by atoms with van der Waals surface area (Å²) in [7, 11) is 0. The van der Waals surface area contributed by atoms with Gasteiger partial charge in [-0.05, 0) is 13.3 Å². The van der Waals surface area contributed by atoms with Crippen LogP contribution in [0.4, 0.5) is 0 Å². The first-order chi connectivity index (χ1) is 3.34. The van der Waals surface area contributed by atoms with Crippen LogP contribution in [0.2, 0.25) is 0 Å². The third kappa shape index (κ3) is 1.14. The van der Waals surface area contributed by atoms with Gasteiger partial charge in [0.25, 0.3) is 0 Å². The fourth-order valence-electron chi connectivity index (χ4n) is 0.660. The van der Waals surface area contributed by atoms with Gasteiger partial charge in [0.05, 0.1) is 12.2 Å². The minimum Gasteiger partial charge on any atom is -0.396 e. The Morgan fingerprint density at radius 2 is 2.29 bits per heavy atom. The van der Waals surface area contributed by atoms with Crippen molar-refractivity contribution in [2.24, 2.45) is 0 Å². The Morgan fingerprint density at radius 3 is 2.43 bits per heavy atom. The predicted molar refractivity (Wildman–Crippen MR) is 26.0 cm³/mol.